The Balaban J connectivity index is 1.94. The van der Waals surface area contributed by atoms with Gasteiger partial charge in [0.1, 0.15) is 5.75 Å². The number of ether oxygens (including phenoxy) is 1. The second-order valence-corrected chi connectivity index (χ2v) is 6.18. The number of carbonyl (C=O) groups is 1. The smallest absolute Gasteiger partial charge is 0.337 e. The number of aromatic carboxylic acids is 1. The monoisotopic (exact) mass is 402 g/mol. The van der Waals surface area contributed by atoms with Gasteiger partial charge in [-0.05, 0) is 30.3 Å². The number of halogens is 1. The average molecular weight is 403 g/mol. The van der Waals surface area contributed by atoms with Gasteiger partial charge < -0.3 is 19.7 Å². The Bertz CT molecular complexity index is 939. The number of carboxylic acid groups (broad SMARTS) is 1. The van der Waals surface area contributed by atoms with Crippen LogP contribution in [-0.4, -0.2) is 32.7 Å². The van der Waals surface area contributed by atoms with Crippen molar-refractivity contribution in [3.8, 4) is 17.1 Å². The van der Waals surface area contributed by atoms with E-state index in [1.54, 1.807) is 43.3 Å². The van der Waals surface area contributed by atoms with Crippen LogP contribution in [0.3, 0.4) is 0 Å². The summed E-state index contributed by atoms with van der Waals surface area (Å²) in [5.74, 6) is 0.0560. The minimum Gasteiger partial charge on any atom is -0.495 e. The van der Waals surface area contributed by atoms with Crippen LogP contribution >= 0.6 is 15.9 Å². The summed E-state index contributed by atoms with van der Waals surface area (Å²) in [5, 5.41) is 12.2. The van der Waals surface area contributed by atoms with E-state index in [1.165, 1.54) is 0 Å². The molecule has 0 bridgehead atoms. The molecule has 2 heterocycles. The Morgan fingerprint density at radius 1 is 1.32 bits per heavy atom. The number of hydrogen-bond donors (Lipinski definition) is 2. The molecule has 0 spiro atoms. The molecule has 8 heteroatoms. The number of hydrogen-bond acceptors (Lipinski definition) is 5. The molecule has 0 aliphatic carbocycles. The first kappa shape index (κ1) is 17.0. The quantitative estimate of drug-likeness (QED) is 0.676. The molecule has 25 heavy (non-hydrogen) atoms. The van der Waals surface area contributed by atoms with Crippen LogP contribution in [0.15, 0.2) is 47.2 Å². The molecule has 2 aromatic heterocycles. The van der Waals surface area contributed by atoms with E-state index in [1.807, 2.05) is 18.2 Å². The number of aryl methyl sites for hydroxylation is 1. The molecule has 0 aliphatic rings. The molecule has 128 valence electrons. The van der Waals surface area contributed by atoms with E-state index in [0.29, 0.717) is 23.1 Å². The van der Waals surface area contributed by atoms with Gasteiger partial charge in [-0.3, -0.25) is 0 Å². The van der Waals surface area contributed by atoms with Crippen LogP contribution in [0.1, 0.15) is 10.4 Å². The third-order valence-electron chi connectivity index (χ3n) is 3.58. The molecule has 0 amide bonds. The van der Waals surface area contributed by atoms with Gasteiger partial charge in [0.25, 0.3) is 0 Å². The van der Waals surface area contributed by atoms with Crippen LogP contribution in [0.5, 0.6) is 5.75 Å². The lowest BCUT2D eigenvalue weighted by Crippen LogP contribution is -2.01. The largest absolute Gasteiger partial charge is 0.495 e. The van der Waals surface area contributed by atoms with Crippen molar-refractivity contribution in [2.45, 2.75) is 0 Å². The normalized spacial score (nSPS) is 10.5. The molecule has 0 aliphatic heterocycles. The first-order valence-corrected chi connectivity index (χ1v) is 8.11. The molecule has 0 radical (unpaired) electrons. The lowest BCUT2D eigenvalue weighted by Gasteiger charge is -2.11. The molecule has 2 N–H and O–H groups in total. The maximum atomic E-state index is 11.1. The van der Waals surface area contributed by atoms with Gasteiger partial charge in [0.2, 0.25) is 5.95 Å². The fourth-order valence-electron chi connectivity index (χ4n) is 2.39. The molecule has 0 saturated heterocycles. The summed E-state index contributed by atoms with van der Waals surface area (Å²) < 4.78 is 7.96. The first-order valence-electron chi connectivity index (χ1n) is 7.31. The van der Waals surface area contributed by atoms with Crippen LogP contribution in [0.4, 0.5) is 11.6 Å². The van der Waals surface area contributed by atoms with Gasteiger partial charge in [-0.15, -0.1) is 0 Å². The first-order chi connectivity index (χ1) is 12.0. The molecule has 3 rings (SSSR count). The number of rotatable bonds is 5. The maximum absolute atomic E-state index is 11.1. The predicted octanol–water partition coefficient (Wildman–Crippen LogP) is 3.70. The number of methoxy groups -OCH3 is 1. The van der Waals surface area contributed by atoms with Crippen molar-refractivity contribution in [1.29, 1.82) is 0 Å². The summed E-state index contributed by atoms with van der Waals surface area (Å²) in [4.78, 5) is 19.8. The predicted molar refractivity (Wildman–Crippen MR) is 97.4 cm³/mol. The van der Waals surface area contributed by atoms with E-state index < -0.39 is 5.97 Å². The Kier molecular flexibility index (Phi) is 4.71. The Hall–Kier alpha value is -2.87. The third kappa shape index (κ3) is 3.63. The van der Waals surface area contributed by atoms with Crippen LogP contribution in [0.25, 0.3) is 11.4 Å². The minimum absolute atomic E-state index is 0.209. The maximum Gasteiger partial charge on any atom is 0.337 e. The van der Waals surface area contributed by atoms with Crippen molar-refractivity contribution < 1.29 is 14.6 Å². The summed E-state index contributed by atoms with van der Waals surface area (Å²) in [6.07, 6.45) is 3.16. The highest BCUT2D eigenvalue weighted by atomic mass is 79.9. The van der Waals surface area contributed by atoms with Crippen molar-refractivity contribution in [2.24, 2.45) is 7.05 Å². The zero-order valence-corrected chi connectivity index (χ0v) is 15.1. The highest BCUT2D eigenvalue weighted by Gasteiger charge is 2.13. The van der Waals surface area contributed by atoms with Crippen LogP contribution in [0.2, 0.25) is 0 Å². The third-order valence-corrected chi connectivity index (χ3v) is 4.07. The highest BCUT2D eigenvalue weighted by Crippen LogP contribution is 2.30. The Morgan fingerprint density at radius 3 is 2.80 bits per heavy atom. The second kappa shape index (κ2) is 6.94. The molecular formula is C17H15BrN4O3. The Labute approximate surface area is 152 Å². The van der Waals surface area contributed by atoms with E-state index in [4.69, 9.17) is 9.84 Å². The summed E-state index contributed by atoms with van der Waals surface area (Å²) in [7, 11) is 3.36. The average Bonchev–Trinajstić information content (AvgIpc) is 2.99. The number of carboxylic acids is 1. The standard InChI is InChI=1S/C17H15BrN4O3/c1-22-9-10(16(23)24)7-14(22)12-5-6-19-17(20-12)21-13-4-3-11(18)8-15(13)25-2/h3-9H,1-2H3,(H,23,24)(H,19,20,21). The summed E-state index contributed by atoms with van der Waals surface area (Å²) in [6.45, 7) is 0. The molecule has 0 atom stereocenters. The molecule has 0 fully saturated rings. The number of benzene rings is 1. The highest BCUT2D eigenvalue weighted by molar-refractivity contribution is 9.10. The molecule has 0 unspecified atom stereocenters. The molecule has 0 saturated carbocycles. The Morgan fingerprint density at radius 2 is 2.12 bits per heavy atom. The fourth-order valence-corrected chi connectivity index (χ4v) is 2.73. The molecular weight excluding hydrogens is 388 g/mol. The molecule has 1 aromatic carbocycles. The van der Waals surface area contributed by atoms with Gasteiger partial charge in [-0.2, -0.15) is 0 Å². The van der Waals surface area contributed by atoms with E-state index in [0.717, 1.165) is 10.2 Å². The summed E-state index contributed by atoms with van der Waals surface area (Å²) in [6, 6.07) is 8.87. The number of nitrogens with one attached hydrogen (secondary N) is 1. The fraction of sp³-hybridized carbons (Fsp3) is 0.118. The molecule has 7 nitrogen and oxygen atoms in total. The van der Waals surface area contributed by atoms with Crippen molar-refractivity contribution in [3.63, 3.8) is 0 Å². The van der Waals surface area contributed by atoms with Crippen LogP contribution in [0, 0.1) is 0 Å². The van der Waals surface area contributed by atoms with Gasteiger partial charge in [-0.1, -0.05) is 15.9 Å². The summed E-state index contributed by atoms with van der Waals surface area (Å²) in [5.41, 5.74) is 2.23. The van der Waals surface area contributed by atoms with E-state index >= 15 is 0 Å². The van der Waals surface area contributed by atoms with Crippen molar-refractivity contribution >= 4 is 33.5 Å². The van der Waals surface area contributed by atoms with Gasteiger partial charge in [0, 0.05) is 23.9 Å². The van der Waals surface area contributed by atoms with Gasteiger partial charge in [-0.25, -0.2) is 14.8 Å². The SMILES string of the molecule is COc1cc(Br)ccc1Nc1nccc(-c2cc(C(=O)O)cn2C)n1. The topological polar surface area (TPSA) is 89.3 Å². The number of aromatic nitrogens is 3. The van der Waals surface area contributed by atoms with Crippen molar-refractivity contribution in [2.75, 3.05) is 12.4 Å². The van der Waals surface area contributed by atoms with Crippen LogP contribution < -0.4 is 10.1 Å². The van der Waals surface area contributed by atoms with E-state index in [9.17, 15) is 4.79 Å². The zero-order chi connectivity index (χ0) is 18.0. The summed E-state index contributed by atoms with van der Waals surface area (Å²) >= 11 is 3.40. The van der Waals surface area contributed by atoms with Crippen molar-refractivity contribution in [3.05, 3.63) is 52.8 Å². The second-order valence-electron chi connectivity index (χ2n) is 5.27. The van der Waals surface area contributed by atoms with Crippen molar-refractivity contribution in [1.82, 2.24) is 14.5 Å². The zero-order valence-electron chi connectivity index (χ0n) is 13.5. The van der Waals surface area contributed by atoms with Crippen LogP contribution in [-0.2, 0) is 7.05 Å². The molecule has 3 aromatic rings. The van der Waals surface area contributed by atoms with Gasteiger partial charge in [0.05, 0.1) is 29.7 Å². The lowest BCUT2D eigenvalue weighted by atomic mass is 10.2. The lowest BCUT2D eigenvalue weighted by molar-refractivity contribution is 0.0697. The number of anilines is 2. The van der Waals surface area contributed by atoms with Gasteiger partial charge in [0.15, 0.2) is 0 Å². The number of nitrogens with zero attached hydrogens (tertiary/aromatic N) is 3. The van der Waals surface area contributed by atoms with E-state index in [2.05, 4.69) is 31.2 Å². The minimum atomic E-state index is -0.978. The van der Waals surface area contributed by atoms with Gasteiger partial charge >= 0.3 is 5.97 Å². The van der Waals surface area contributed by atoms with E-state index in [-0.39, 0.29) is 5.56 Å².